The third-order valence-electron chi connectivity index (χ3n) is 2.48. The molecule has 1 heterocycles. The summed E-state index contributed by atoms with van der Waals surface area (Å²) >= 11 is 1.41. The smallest absolute Gasteiger partial charge is 0.263 e. The molecule has 0 aliphatic rings. The van der Waals surface area contributed by atoms with Crippen molar-refractivity contribution in [3.63, 3.8) is 0 Å². The summed E-state index contributed by atoms with van der Waals surface area (Å²) in [5, 5.41) is 3.88. The van der Waals surface area contributed by atoms with E-state index in [1.165, 1.54) is 16.9 Å². The molecule has 0 spiro atoms. The summed E-state index contributed by atoms with van der Waals surface area (Å²) in [7, 11) is 0. The van der Waals surface area contributed by atoms with Crippen LogP contribution in [0.25, 0.3) is 0 Å². The maximum atomic E-state index is 11.9. The molecule has 1 N–H and O–H groups in total. The third-order valence-corrected chi connectivity index (χ3v) is 3.39. The molecule has 1 rings (SSSR count). The second-order valence-corrected chi connectivity index (χ2v) is 5.69. The quantitative estimate of drug-likeness (QED) is 0.806. The molecule has 1 unspecified atom stereocenters. The van der Waals surface area contributed by atoms with Gasteiger partial charge < -0.3 is 5.32 Å². The third kappa shape index (κ3) is 5.66. The topological polar surface area (TPSA) is 42.0 Å². The highest BCUT2D eigenvalue weighted by Crippen LogP contribution is 2.12. The van der Waals surface area contributed by atoms with Gasteiger partial charge in [0.2, 0.25) is 0 Å². The normalized spacial score (nSPS) is 13.5. The molecule has 0 saturated heterocycles. The number of rotatable bonds is 6. The van der Waals surface area contributed by atoms with Crippen LogP contribution in [0.2, 0.25) is 0 Å². The number of hydrogen-bond acceptors (Lipinski definition) is 3. The maximum absolute atomic E-state index is 11.9. The summed E-state index contributed by atoms with van der Waals surface area (Å²) < 4.78 is 0. The van der Waals surface area contributed by atoms with Gasteiger partial charge in [0.1, 0.15) is 4.88 Å². The van der Waals surface area contributed by atoms with Crippen LogP contribution in [0.15, 0.2) is 42.7 Å². The summed E-state index contributed by atoms with van der Waals surface area (Å²) in [5.74, 6) is -0.0486. The number of nitrogens with zero attached hydrogens (tertiary/aromatic N) is 1. The number of aromatic nitrogens is 1. The predicted octanol–water partition coefficient (Wildman–Crippen LogP) is 3.65. The van der Waals surface area contributed by atoms with Gasteiger partial charge in [0.25, 0.3) is 5.91 Å². The lowest BCUT2D eigenvalue weighted by Crippen LogP contribution is -2.32. The van der Waals surface area contributed by atoms with E-state index in [0.717, 1.165) is 11.4 Å². The number of nitrogens with one attached hydrogen (secondary N) is 1. The van der Waals surface area contributed by atoms with Crippen LogP contribution in [0.4, 0.5) is 0 Å². The summed E-state index contributed by atoms with van der Waals surface area (Å²) in [4.78, 5) is 16.7. The van der Waals surface area contributed by atoms with Gasteiger partial charge in [0.15, 0.2) is 0 Å². The van der Waals surface area contributed by atoms with Gasteiger partial charge >= 0.3 is 0 Å². The Kier molecular flexibility index (Phi) is 6.22. The molecule has 0 aromatic carbocycles. The zero-order valence-electron chi connectivity index (χ0n) is 11.6. The number of thiazole rings is 1. The van der Waals surface area contributed by atoms with E-state index in [4.69, 9.17) is 0 Å². The second-order valence-electron chi connectivity index (χ2n) is 4.46. The zero-order valence-corrected chi connectivity index (χ0v) is 12.5. The average molecular weight is 276 g/mol. The SMILES string of the molecule is C=C/C=C\C=C(/C)CC(C)NC(=O)c1cnc(C)s1. The average Bonchev–Trinajstić information content (AvgIpc) is 2.76. The molecule has 0 radical (unpaired) electrons. The van der Waals surface area contributed by atoms with Crippen LogP contribution in [0.3, 0.4) is 0 Å². The highest BCUT2D eigenvalue weighted by Gasteiger charge is 2.12. The maximum Gasteiger partial charge on any atom is 0.263 e. The van der Waals surface area contributed by atoms with E-state index in [1.54, 1.807) is 12.3 Å². The van der Waals surface area contributed by atoms with Crippen molar-refractivity contribution in [2.24, 2.45) is 0 Å². The summed E-state index contributed by atoms with van der Waals surface area (Å²) in [6, 6.07) is 0.100. The molecule has 1 atom stereocenters. The first kappa shape index (κ1) is 15.4. The Bertz CT molecular complexity index is 500. The Morgan fingerprint density at radius 3 is 2.89 bits per heavy atom. The molecule has 0 aliphatic carbocycles. The summed E-state index contributed by atoms with van der Waals surface area (Å²) in [6.45, 7) is 9.56. The van der Waals surface area contributed by atoms with E-state index in [-0.39, 0.29) is 11.9 Å². The molecular formula is C15H20N2OS. The summed E-state index contributed by atoms with van der Waals surface area (Å²) in [6.07, 6.45) is 10.0. The molecule has 19 heavy (non-hydrogen) atoms. The number of amides is 1. The minimum absolute atomic E-state index is 0.0486. The molecule has 0 saturated carbocycles. The molecule has 3 nitrogen and oxygen atoms in total. The van der Waals surface area contributed by atoms with Gasteiger partial charge in [-0.15, -0.1) is 11.3 Å². The van der Waals surface area contributed by atoms with E-state index in [9.17, 15) is 4.79 Å². The van der Waals surface area contributed by atoms with Crippen molar-refractivity contribution >= 4 is 17.2 Å². The van der Waals surface area contributed by atoms with Crippen molar-refractivity contribution in [2.75, 3.05) is 0 Å². The molecule has 0 bridgehead atoms. The van der Waals surface area contributed by atoms with Crippen molar-refractivity contribution in [1.29, 1.82) is 0 Å². The number of hydrogen-bond donors (Lipinski definition) is 1. The Hall–Kier alpha value is -1.68. The fourth-order valence-corrected chi connectivity index (χ4v) is 2.34. The molecular weight excluding hydrogens is 256 g/mol. The lowest BCUT2D eigenvalue weighted by atomic mass is 10.1. The van der Waals surface area contributed by atoms with Crippen molar-refractivity contribution in [2.45, 2.75) is 33.2 Å². The molecule has 0 aliphatic heterocycles. The number of carbonyl (C=O) groups is 1. The van der Waals surface area contributed by atoms with E-state index in [0.29, 0.717) is 4.88 Å². The minimum Gasteiger partial charge on any atom is -0.349 e. The number of allylic oxidation sites excluding steroid dienone is 4. The fraction of sp³-hybridized carbons (Fsp3) is 0.333. The van der Waals surface area contributed by atoms with Crippen molar-refractivity contribution in [3.8, 4) is 0 Å². The van der Waals surface area contributed by atoms with E-state index < -0.39 is 0 Å². The Morgan fingerprint density at radius 2 is 2.32 bits per heavy atom. The highest BCUT2D eigenvalue weighted by atomic mass is 32.1. The van der Waals surface area contributed by atoms with Crippen LogP contribution < -0.4 is 5.32 Å². The second kappa shape index (κ2) is 7.69. The van der Waals surface area contributed by atoms with Crippen LogP contribution in [-0.4, -0.2) is 16.9 Å². The molecule has 102 valence electrons. The Labute approximate surface area is 118 Å². The van der Waals surface area contributed by atoms with E-state index >= 15 is 0 Å². The van der Waals surface area contributed by atoms with Crippen LogP contribution >= 0.6 is 11.3 Å². The lowest BCUT2D eigenvalue weighted by Gasteiger charge is -2.13. The van der Waals surface area contributed by atoms with E-state index in [1.807, 2.05) is 39.0 Å². The molecule has 0 fully saturated rings. The van der Waals surface area contributed by atoms with Crippen molar-refractivity contribution in [3.05, 3.63) is 52.5 Å². The first-order valence-corrected chi connectivity index (χ1v) is 7.02. The van der Waals surface area contributed by atoms with Gasteiger partial charge in [-0.05, 0) is 27.2 Å². The molecule has 4 heteroatoms. The standard InChI is InChI=1S/C15H20N2OS/c1-5-6-7-8-11(2)9-12(3)17-15(18)14-10-16-13(4)19-14/h5-8,10,12H,1,9H2,2-4H3,(H,17,18)/b7-6-,11-8+. The minimum atomic E-state index is -0.0486. The number of aryl methyl sites for hydroxylation is 1. The largest absolute Gasteiger partial charge is 0.349 e. The summed E-state index contributed by atoms with van der Waals surface area (Å²) in [5.41, 5.74) is 1.21. The van der Waals surface area contributed by atoms with Crippen LogP contribution in [-0.2, 0) is 0 Å². The van der Waals surface area contributed by atoms with Gasteiger partial charge in [0, 0.05) is 6.04 Å². The zero-order chi connectivity index (χ0) is 14.3. The number of carbonyl (C=O) groups excluding carboxylic acids is 1. The van der Waals surface area contributed by atoms with Crippen LogP contribution in [0, 0.1) is 6.92 Å². The van der Waals surface area contributed by atoms with Crippen molar-refractivity contribution in [1.82, 2.24) is 10.3 Å². The lowest BCUT2D eigenvalue weighted by molar-refractivity contribution is 0.0944. The van der Waals surface area contributed by atoms with Gasteiger partial charge in [0.05, 0.1) is 11.2 Å². The molecule has 1 aromatic heterocycles. The van der Waals surface area contributed by atoms with Gasteiger partial charge in [-0.1, -0.05) is 36.5 Å². The van der Waals surface area contributed by atoms with Gasteiger partial charge in [-0.25, -0.2) is 4.98 Å². The van der Waals surface area contributed by atoms with Crippen LogP contribution in [0.5, 0.6) is 0 Å². The Balaban J connectivity index is 2.49. The van der Waals surface area contributed by atoms with E-state index in [2.05, 4.69) is 16.9 Å². The Morgan fingerprint density at radius 1 is 1.58 bits per heavy atom. The fourth-order valence-electron chi connectivity index (χ4n) is 1.66. The highest BCUT2D eigenvalue weighted by molar-refractivity contribution is 7.13. The predicted molar refractivity (Wildman–Crippen MR) is 81.5 cm³/mol. The van der Waals surface area contributed by atoms with Crippen LogP contribution in [0.1, 0.15) is 34.9 Å². The molecule has 1 amide bonds. The monoisotopic (exact) mass is 276 g/mol. The first-order chi connectivity index (χ1) is 9.02. The molecule has 1 aromatic rings. The van der Waals surface area contributed by atoms with Gasteiger partial charge in [-0.3, -0.25) is 4.79 Å². The van der Waals surface area contributed by atoms with Crippen molar-refractivity contribution < 1.29 is 4.79 Å². The van der Waals surface area contributed by atoms with Gasteiger partial charge in [-0.2, -0.15) is 0 Å². The first-order valence-electron chi connectivity index (χ1n) is 6.21.